The molecule has 1 aromatic heterocycles. The molecule has 9 nitrogen and oxygen atoms in total. The van der Waals surface area contributed by atoms with E-state index in [1.165, 1.54) is 0 Å². The Morgan fingerprint density at radius 2 is 2.00 bits per heavy atom. The highest BCUT2D eigenvalue weighted by molar-refractivity contribution is 7.98. The van der Waals surface area contributed by atoms with E-state index in [0.29, 0.717) is 32.2 Å². The van der Waals surface area contributed by atoms with Gasteiger partial charge < -0.3 is 29.4 Å². The molecule has 0 saturated heterocycles. The van der Waals surface area contributed by atoms with Gasteiger partial charge in [0, 0.05) is 22.0 Å². The van der Waals surface area contributed by atoms with Crippen LogP contribution in [0.2, 0.25) is 5.02 Å². The number of aryl methyl sites for hydroxylation is 1. The number of furan rings is 1. The van der Waals surface area contributed by atoms with Crippen LogP contribution >= 0.6 is 47.8 Å². The van der Waals surface area contributed by atoms with Gasteiger partial charge in [-0.1, -0.05) is 47.3 Å². The van der Waals surface area contributed by atoms with Gasteiger partial charge >= 0.3 is 6.09 Å². The van der Waals surface area contributed by atoms with Gasteiger partial charge in [0.2, 0.25) is 0 Å². The number of benzene rings is 2. The van der Waals surface area contributed by atoms with E-state index < -0.39 is 6.09 Å². The zero-order chi connectivity index (χ0) is 33.3. The molecule has 0 saturated carbocycles. The molecule has 0 spiro atoms. The Kier molecular flexibility index (Phi) is 13.1. The number of oxime groups is 1. The second-order valence-electron chi connectivity index (χ2n) is 11.1. The Hall–Kier alpha value is -3.32. The lowest BCUT2D eigenvalue weighted by molar-refractivity contribution is 0.00199. The molecular weight excluding hydrogens is 652 g/mol. The number of nitrogens with one attached hydrogen (secondary N) is 2. The standard InChI is InChI=1S/C17H19ClN2O2S.C15H20N2O3S2/c1-11-14(7-8-21-11)16(23)20-13-5-6-15(18)12(9-13)10-19-22-17(2,3)4;1-9(2)20-15(18)17-11(8-22-4)14(21)16-10-6-5-7-12(19-3)13(10)17/h5-10H,1-4H3,(H,20,23);5-7,9,11H,8H2,1-4H3,(H,16,21)/b19-10+;. The van der Waals surface area contributed by atoms with Gasteiger partial charge in [0.05, 0.1) is 43.0 Å². The van der Waals surface area contributed by atoms with Crippen molar-refractivity contribution in [2.45, 2.75) is 59.3 Å². The van der Waals surface area contributed by atoms with Crippen LogP contribution in [0.1, 0.15) is 51.5 Å². The maximum absolute atomic E-state index is 12.6. The maximum Gasteiger partial charge on any atom is 0.415 e. The molecule has 0 aliphatic carbocycles. The van der Waals surface area contributed by atoms with Crippen molar-refractivity contribution < 1.29 is 23.5 Å². The molecule has 3 aromatic rings. The number of carbonyl (C=O) groups excluding carboxylic acids is 1. The second kappa shape index (κ2) is 16.3. The molecule has 0 bridgehead atoms. The lowest BCUT2D eigenvalue weighted by Gasteiger charge is -2.38. The van der Waals surface area contributed by atoms with E-state index in [1.807, 2.05) is 84.2 Å². The van der Waals surface area contributed by atoms with Crippen LogP contribution in [0.3, 0.4) is 0 Å². The molecule has 1 amide bonds. The number of anilines is 3. The number of amides is 1. The van der Waals surface area contributed by atoms with Gasteiger partial charge in [-0.3, -0.25) is 4.90 Å². The van der Waals surface area contributed by atoms with Crippen LogP contribution in [0.15, 0.2) is 58.3 Å². The number of hydrogen-bond acceptors (Lipinski definition) is 9. The molecule has 1 atom stereocenters. The first-order chi connectivity index (χ1) is 21.2. The summed E-state index contributed by atoms with van der Waals surface area (Å²) in [6.45, 7) is 11.3. The number of nitrogens with zero attached hydrogens (tertiary/aromatic N) is 2. The van der Waals surface area contributed by atoms with Crippen LogP contribution in [0.4, 0.5) is 21.9 Å². The van der Waals surface area contributed by atoms with Gasteiger partial charge in [-0.05, 0) is 84.2 Å². The minimum Gasteiger partial charge on any atom is -0.494 e. The third kappa shape index (κ3) is 10.1. The third-order valence-electron chi connectivity index (χ3n) is 6.07. The molecular formula is C32H39ClN4O5S3. The molecule has 13 heteroatoms. The van der Waals surface area contributed by atoms with Crippen molar-refractivity contribution in [2.75, 3.05) is 34.7 Å². The van der Waals surface area contributed by atoms with E-state index in [1.54, 1.807) is 42.3 Å². The average molecular weight is 691 g/mol. The fraction of sp³-hybridized carbons (Fsp3) is 0.375. The van der Waals surface area contributed by atoms with Crippen molar-refractivity contribution in [3.05, 3.63) is 70.6 Å². The second-order valence-corrected chi connectivity index (χ2v) is 13.3. The van der Waals surface area contributed by atoms with Crippen LogP contribution in [0.5, 0.6) is 5.75 Å². The van der Waals surface area contributed by atoms with Crippen molar-refractivity contribution in [3.8, 4) is 5.75 Å². The first-order valence-electron chi connectivity index (χ1n) is 14.1. The van der Waals surface area contributed by atoms with Crippen molar-refractivity contribution in [1.82, 2.24) is 0 Å². The Bertz CT molecular complexity index is 1540. The SMILES string of the molecule is COc1cccc2c1N(C(=O)OC(C)C)C(CSC)C(=S)N2.Cc1occc1C(=S)Nc1ccc(Cl)c(/C=N/OC(C)(C)C)c1. The predicted octanol–water partition coefficient (Wildman–Crippen LogP) is 8.71. The monoisotopic (exact) mass is 690 g/mol. The molecule has 0 radical (unpaired) electrons. The highest BCUT2D eigenvalue weighted by Crippen LogP contribution is 2.41. The molecule has 1 unspecified atom stereocenters. The number of thiocarbonyl (C=S) groups is 2. The molecule has 2 N–H and O–H groups in total. The minimum absolute atomic E-state index is 0.205. The van der Waals surface area contributed by atoms with Gasteiger partial charge in [0.25, 0.3) is 0 Å². The number of halogens is 1. The number of hydrogen-bond donors (Lipinski definition) is 2. The average Bonchev–Trinajstić information content (AvgIpc) is 3.40. The van der Waals surface area contributed by atoms with Crippen LogP contribution in [0, 0.1) is 6.92 Å². The van der Waals surface area contributed by atoms with Gasteiger partial charge in [-0.2, -0.15) is 11.8 Å². The first-order valence-corrected chi connectivity index (χ1v) is 16.7. The van der Waals surface area contributed by atoms with E-state index in [-0.39, 0.29) is 17.7 Å². The molecule has 1 aliphatic rings. The smallest absolute Gasteiger partial charge is 0.415 e. The molecule has 4 rings (SSSR count). The Balaban J connectivity index is 0.000000246. The molecule has 2 aromatic carbocycles. The summed E-state index contributed by atoms with van der Waals surface area (Å²) in [4.78, 5) is 20.8. The van der Waals surface area contributed by atoms with E-state index >= 15 is 0 Å². The van der Waals surface area contributed by atoms with E-state index in [9.17, 15) is 4.79 Å². The summed E-state index contributed by atoms with van der Waals surface area (Å²) in [7, 11) is 1.58. The number of rotatable bonds is 8. The van der Waals surface area contributed by atoms with Gasteiger partial charge in [0.15, 0.2) is 0 Å². The molecule has 0 fully saturated rings. The fourth-order valence-electron chi connectivity index (χ4n) is 4.09. The van der Waals surface area contributed by atoms with E-state index in [4.69, 9.17) is 54.8 Å². The lowest BCUT2D eigenvalue weighted by atomic mass is 10.1. The zero-order valence-electron chi connectivity index (χ0n) is 26.6. The predicted molar refractivity (Wildman–Crippen MR) is 194 cm³/mol. The van der Waals surface area contributed by atoms with Crippen LogP contribution in [-0.4, -0.2) is 59.2 Å². The van der Waals surface area contributed by atoms with E-state index in [2.05, 4.69) is 15.8 Å². The first kappa shape index (κ1) is 36.2. The molecule has 45 heavy (non-hydrogen) atoms. The summed E-state index contributed by atoms with van der Waals surface area (Å²) in [6.07, 6.45) is 4.56. The quantitative estimate of drug-likeness (QED) is 0.136. The van der Waals surface area contributed by atoms with E-state index in [0.717, 1.165) is 28.3 Å². The fourth-order valence-corrected chi connectivity index (χ4v) is 5.62. The molecule has 1 aliphatic heterocycles. The highest BCUT2D eigenvalue weighted by atomic mass is 35.5. The lowest BCUT2D eigenvalue weighted by Crippen LogP contribution is -2.52. The summed E-state index contributed by atoms with van der Waals surface area (Å²) < 4.78 is 16.1. The minimum atomic E-state index is -0.413. The Morgan fingerprint density at radius 3 is 2.60 bits per heavy atom. The Morgan fingerprint density at radius 1 is 1.27 bits per heavy atom. The maximum atomic E-state index is 12.6. The summed E-state index contributed by atoms with van der Waals surface area (Å²) in [5.41, 5.74) is 3.50. The summed E-state index contributed by atoms with van der Waals surface area (Å²) in [6, 6.07) is 12.6. The Labute approximate surface area is 285 Å². The van der Waals surface area contributed by atoms with Crippen molar-refractivity contribution in [2.24, 2.45) is 5.16 Å². The van der Waals surface area contributed by atoms with Crippen LogP contribution < -0.4 is 20.3 Å². The number of carbonyl (C=O) groups is 1. The topological polar surface area (TPSA) is 97.6 Å². The summed E-state index contributed by atoms with van der Waals surface area (Å²) in [5, 5.41) is 10.9. The number of para-hydroxylation sites is 1. The van der Waals surface area contributed by atoms with Gasteiger partial charge in [-0.15, -0.1) is 0 Å². The molecule has 242 valence electrons. The third-order valence-corrected chi connectivity index (χ3v) is 7.75. The summed E-state index contributed by atoms with van der Waals surface area (Å²) >= 11 is 18.6. The number of methoxy groups -OCH3 is 1. The number of thioether (sulfide) groups is 1. The van der Waals surface area contributed by atoms with Crippen LogP contribution in [-0.2, 0) is 9.57 Å². The largest absolute Gasteiger partial charge is 0.494 e. The van der Waals surface area contributed by atoms with Crippen molar-refractivity contribution in [3.63, 3.8) is 0 Å². The number of ether oxygens (including phenoxy) is 2. The summed E-state index contributed by atoms with van der Waals surface area (Å²) in [5.74, 6) is 2.06. The van der Waals surface area contributed by atoms with Gasteiger partial charge in [-0.25, -0.2) is 4.79 Å². The van der Waals surface area contributed by atoms with Gasteiger partial charge in [0.1, 0.15) is 32.8 Å². The van der Waals surface area contributed by atoms with Crippen molar-refractivity contribution in [1.29, 1.82) is 0 Å². The van der Waals surface area contributed by atoms with Crippen LogP contribution in [0.25, 0.3) is 0 Å². The molecule has 2 heterocycles. The normalized spacial score (nSPS) is 14.3. The highest BCUT2D eigenvalue weighted by Gasteiger charge is 2.37. The van der Waals surface area contributed by atoms with Crippen molar-refractivity contribution >= 4 is 87.1 Å². The number of fused-ring (bicyclic) bond motifs is 1. The zero-order valence-corrected chi connectivity index (χ0v) is 29.8.